The van der Waals surface area contributed by atoms with Crippen LogP contribution in [0.5, 0.6) is 5.75 Å². The van der Waals surface area contributed by atoms with Crippen molar-refractivity contribution in [3.63, 3.8) is 0 Å². The van der Waals surface area contributed by atoms with E-state index in [0.29, 0.717) is 50.5 Å². The summed E-state index contributed by atoms with van der Waals surface area (Å²) in [6.45, 7) is 15.7. The van der Waals surface area contributed by atoms with Crippen molar-refractivity contribution in [2.45, 2.75) is 238 Å². The van der Waals surface area contributed by atoms with E-state index in [1.807, 2.05) is 89.2 Å². The molecule has 18 nitrogen and oxygen atoms in total. The molecule has 0 radical (unpaired) electrons. The number of hydrogen-bond acceptors (Lipinski definition) is 15. The Labute approximate surface area is 512 Å². The fraction of sp³-hybridized carbons (Fsp3) is 0.662. The third-order valence-corrected chi connectivity index (χ3v) is 15.1. The summed E-state index contributed by atoms with van der Waals surface area (Å²) in [6, 6.07) is 15.1. The number of aromatic nitrogens is 2. The normalized spacial score (nSPS) is 17.2. The fourth-order valence-corrected chi connectivity index (χ4v) is 10.1. The topological polar surface area (TPSA) is 254 Å². The summed E-state index contributed by atoms with van der Waals surface area (Å²) in [5.74, 6) is -1.39. The van der Waals surface area contributed by atoms with Gasteiger partial charge in [-0.25, -0.2) is 14.6 Å². The van der Waals surface area contributed by atoms with Crippen molar-refractivity contribution in [3.8, 4) is 5.75 Å². The van der Waals surface area contributed by atoms with E-state index in [0.717, 1.165) is 81.9 Å². The number of hydrogen-bond donors (Lipinski definition) is 5. The first kappa shape index (κ1) is 73.6. The lowest BCUT2D eigenvalue weighted by Crippen LogP contribution is -2.55. The molecular weight excluding hydrogens is 1110 g/mol. The van der Waals surface area contributed by atoms with Gasteiger partial charge < -0.3 is 49.7 Å². The molecule has 0 bridgehead atoms. The SMILES string of the molecule is CC(C)C[C@H](NC(=O)[C@H](Cc1ccccc1)NC(=O)c1cnccn1)B(O)O.CCCCCCCCCCC[C@@H](C[C@@H]1OC(=O)[C@H]1CCCCCC)OC(=O)[C@H](CC(C)C)NC=O.CCOC(=O)[C@@]1(CCCCCCOc2ccc(Cl)cc2)CO1. The van der Waals surface area contributed by atoms with Gasteiger partial charge in [-0.1, -0.05) is 173 Å². The summed E-state index contributed by atoms with van der Waals surface area (Å²) in [5, 5.41) is 27.8. The van der Waals surface area contributed by atoms with Gasteiger partial charge in [-0.15, -0.1) is 0 Å². The molecule has 2 saturated heterocycles. The van der Waals surface area contributed by atoms with Crippen molar-refractivity contribution in [3.05, 3.63) is 89.5 Å². The number of amides is 3. The predicted octanol–water partition coefficient (Wildman–Crippen LogP) is 11.2. The van der Waals surface area contributed by atoms with E-state index in [-0.39, 0.29) is 60.0 Å². The number of benzene rings is 2. The second kappa shape index (κ2) is 43.1. The lowest BCUT2D eigenvalue weighted by molar-refractivity contribution is -0.190. The highest BCUT2D eigenvalue weighted by molar-refractivity contribution is 6.43. The first-order valence-electron chi connectivity index (χ1n) is 31.5. The van der Waals surface area contributed by atoms with E-state index < -0.39 is 42.6 Å². The highest BCUT2D eigenvalue weighted by Crippen LogP contribution is 2.35. The molecule has 7 atom stereocenters. The Morgan fingerprint density at radius 1 is 0.788 bits per heavy atom. The third kappa shape index (κ3) is 31.0. The number of carbonyl (C=O) groups excluding carboxylic acids is 6. The number of epoxide rings is 1. The number of cyclic esters (lactones) is 1. The summed E-state index contributed by atoms with van der Waals surface area (Å²) < 4.78 is 27.4. The molecule has 3 aromatic rings. The zero-order chi connectivity index (χ0) is 62.2. The van der Waals surface area contributed by atoms with Crippen LogP contribution in [-0.4, -0.2) is 119 Å². The number of carbonyl (C=O) groups is 6. The van der Waals surface area contributed by atoms with Crippen molar-refractivity contribution in [1.82, 2.24) is 25.9 Å². The van der Waals surface area contributed by atoms with Crippen LogP contribution in [0, 0.1) is 17.8 Å². The number of ether oxygens (including phenoxy) is 5. The van der Waals surface area contributed by atoms with Crippen LogP contribution in [0.25, 0.3) is 0 Å². The number of nitrogens with zero attached hydrogens (tertiary/aromatic N) is 2. The molecule has 85 heavy (non-hydrogen) atoms. The highest BCUT2D eigenvalue weighted by Gasteiger charge is 2.53. The van der Waals surface area contributed by atoms with Gasteiger partial charge in [0.25, 0.3) is 5.91 Å². The molecule has 0 saturated carbocycles. The third-order valence-electron chi connectivity index (χ3n) is 14.9. The first-order chi connectivity index (χ1) is 40.9. The molecule has 2 fully saturated rings. The van der Waals surface area contributed by atoms with Gasteiger partial charge in [0.15, 0.2) is 5.60 Å². The maximum absolute atomic E-state index is 12.9. The lowest BCUT2D eigenvalue weighted by Gasteiger charge is -2.37. The van der Waals surface area contributed by atoms with Crippen LogP contribution in [-0.2, 0) is 49.3 Å². The molecule has 0 aliphatic carbocycles. The monoisotopic (exact) mass is 1210 g/mol. The van der Waals surface area contributed by atoms with Crippen molar-refractivity contribution in [2.75, 3.05) is 19.8 Å². The average Bonchev–Trinajstić information content (AvgIpc) is 2.47. The average molecular weight is 1210 g/mol. The number of halogens is 1. The van der Waals surface area contributed by atoms with Gasteiger partial charge in [-0.3, -0.25) is 24.2 Å². The minimum absolute atomic E-state index is 0.0734. The van der Waals surface area contributed by atoms with Crippen LogP contribution in [0.1, 0.15) is 212 Å². The Kier molecular flexibility index (Phi) is 37.3. The zero-order valence-electron chi connectivity index (χ0n) is 52.0. The van der Waals surface area contributed by atoms with Gasteiger partial charge in [-0.05, 0) is 100.0 Å². The van der Waals surface area contributed by atoms with Crippen LogP contribution < -0.4 is 20.7 Å². The highest BCUT2D eigenvalue weighted by atomic mass is 35.5. The maximum Gasteiger partial charge on any atom is 0.475 e. The van der Waals surface area contributed by atoms with E-state index >= 15 is 0 Å². The number of nitrogens with one attached hydrogen (secondary N) is 3. The van der Waals surface area contributed by atoms with Crippen LogP contribution in [0.2, 0.25) is 5.02 Å². The van der Waals surface area contributed by atoms with E-state index in [9.17, 15) is 38.8 Å². The molecule has 2 aliphatic rings. The Balaban J connectivity index is 0.000000342. The largest absolute Gasteiger partial charge is 0.494 e. The predicted molar refractivity (Wildman–Crippen MR) is 331 cm³/mol. The molecule has 1 aromatic heterocycles. The summed E-state index contributed by atoms with van der Waals surface area (Å²) in [6.07, 6.45) is 28.1. The van der Waals surface area contributed by atoms with E-state index in [1.165, 1.54) is 76.4 Å². The second-order valence-electron chi connectivity index (χ2n) is 23.2. The molecule has 474 valence electrons. The number of rotatable bonds is 42. The molecule has 2 aliphatic heterocycles. The lowest BCUT2D eigenvalue weighted by atomic mass is 9.75. The Hall–Kier alpha value is -5.63. The van der Waals surface area contributed by atoms with E-state index in [2.05, 4.69) is 39.8 Å². The minimum Gasteiger partial charge on any atom is -0.494 e. The van der Waals surface area contributed by atoms with Gasteiger partial charge >= 0.3 is 25.0 Å². The van der Waals surface area contributed by atoms with Crippen molar-refractivity contribution < 1.29 is 62.5 Å². The van der Waals surface area contributed by atoms with Gasteiger partial charge in [0, 0.05) is 30.3 Å². The summed E-state index contributed by atoms with van der Waals surface area (Å²) in [7, 11) is -1.69. The molecule has 5 rings (SSSR count). The van der Waals surface area contributed by atoms with Gasteiger partial charge in [0.2, 0.25) is 12.3 Å². The van der Waals surface area contributed by atoms with Crippen LogP contribution in [0.3, 0.4) is 0 Å². The van der Waals surface area contributed by atoms with Gasteiger partial charge in [0.1, 0.15) is 35.7 Å². The van der Waals surface area contributed by atoms with Crippen molar-refractivity contribution in [2.24, 2.45) is 17.8 Å². The zero-order valence-corrected chi connectivity index (χ0v) is 52.7. The molecule has 0 spiro atoms. The Bertz CT molecular complexity index is 2320. The van der Waals surface area contributed by atoms with Crippen molar-refractivity contribution in [1.29, 1.82) is 0 Å². The number of esters is 3. The molecular formula is C65H101BClN5O13. The summed E-state index contributed by atoms with van der Waals surface area (Å²) >= 11 is 5.82. The summed E-state index contributed by atoms with van der Waals surface area (Å²) in [4.78, 5) is 80.7. The molecule has 20 heteroatoms. The molecule has 0 unspecified atom stereocenters. The van der Waals surface area contributed by atoms with Gasteiger partial charge in [-0.2, -0.15) is 0 Å². The molecule has 5 N–H and O–H groups in total. The Morgan fingerprint density at radius 2 is 1.41 bits per heavy atom. The standard InChI is InChI=1S/C29H53NO5.C19H25BN4O4.C17H23ClO4/c1-5-7-9-11-12-13-14-15-16-18-24(34-29(33)26(30-22-31)20-23(3)4)21-27-25(28(32)35-27)19-17-10-8-6-2;1-13(2)10-17(20(27)28)24-18(25)15(11-14-6-4-3-5-7-14)23-19(26)16-12-21-8-9-22-16;1-2-20-16(19)17(13-22-17)11-5-3-4-6-12-21-15-9-7-14(18)8-10-15/h22-27H,5-21H2,1-4H3,(H,30,31);3-9,12-13,15,17,27-28H,10-11H2,1-2H3,(H,23,26)(H,24,25);7-10H,2-6,11-13H2,1H3/t24-,25-,26-,27-;15-,17-;17-/m001/s1. The van der Waals surface area contributed by atoms with E-state index in [4.69, 9.17) is 35.3 Å². The Morgan fingerprint density at radius 3 is 1.99 bits per heavy atom. The maximum atomic E-state index is 12.9. The minimum atomic E-state index is -1.69. The second-order valence-corrected chi connectivity index (χ2v) is 23.7. The molecule has 3 heterocycles. The molecule has 2 aromatic carbocycles. The van der Waals surface area contributed by atoms with Gasteiger partial charge in [0.05, 0.1) is 37.9 Å². The molecule has 3 amide bonds. The van der Waals surface area contributed by atoms with E-state index in [1.54, 1.807) is 0 Å². The first-order valence-corrected chi connectivity index (χ1v) is 31.9. The smallest absolute Gasteiger partial charge is 0.475 e. The van der Waals surface area contributed by atoms with Crippen LogP contribution in [0.15, 0.2) is 73.2 Å². The quantitative estimate of drug-likeness (QED) is 0.00883. The van der Waals surface area contributed by atoms with Crippen molar-refractivity contribution >= 4 is 54.9 Å². The van der Waals surface area contributed by atoms with Crippen LogP contribution in [0.4, 0.5) is 0 Å². The van der Waals surface area contributed by atoms with Crippen LogP contribution >= 0.6 is 11.6 Å². The number of unbranched alkanes of at least 4 members (excludes halogenated alkanes) is 14. The fourth-order valence-electron chi connectivity index (χ4n) is 9.96. The summed E-state index contributed by atoms with van der Waals surface area (Å²) in [5.41, 5.74) is 0.317.